The van der Waals surface area contributed by atoms with Crippen LogP contribution in [-0.4, -0.2) is 57.7 Å². The number of piperazine rings is 1. The summed E-state index contributed by atoms with van der Waals surface area (Å²) >= 11 is 0. The lowest BCUT2D eigenvalue weighted by molar-refractivity contribution is -0.892. The first-order chi connectivity index (χ1) is 14.2. The molecular formula is C24H32N3O2+. The molecule has 5 heteroatoms. The fraction of sp³-hybridized carbons (Fsp3) is 0.458. The Kier molecular flexibility index (Phi) is 6.05. The van der Waals surface area contributed by atoms with E-state index in [1.54, 1.807) is 7.11 Å². The molecule has 0 radical (unpaired) electrons. The summed E-state index contributed by atoms with van der Waals surface area (Å²) < 4.78 is 5.51. The molecule has 154 valence electrons. The molecule has 2 aromatic rings. The minimum atomic E-state index is 0.224. The number of nitrogens with one attached hydrogen (secondary N) is 1. The Bertz CT molecular complexity index is 846. The van der Waals surface area contributed by atoms with Crippen molar-refractivity contribution in [3.8, 4) is 5.75 Å². The molecule has 1 heterocycles. The van der Waals surface area contributed by atoms with Gasteiger partial charge < -0.3 is 19.4 Å². The van der Waals surface area contributed by atoms with Crippen molar-refractivity contribution in [1.29, 1.82) is 0 Å². The lowest BCUT2D eigenvalue weighted by atomic mass is 9.87. The number of para-hydroxylation sites is 2. The van der Waals surface area contributed by atoms with Crippen molar-refractivity contribution in [2.75, 3.05) is 51.8 Å². The number of rotatable bonds is 5. The number of benzene rings is 2. The van der Waals surface area contributed by atoms with Crippen molar-refractivity contribution in [2.24, 2.45) is 0 Å². The van der Waals surface area contributed by atoms with Crippen LogP contribution in [0.25, 0.3) is 0 Å². The molecule has 0 saturated carbocycles. The van der Waals surface area contributed by atoms with E-state index in [2.05, 4.69) is 41.3 Å². The molecule has 2 aromatic carbocycles. The maximum atomic E-state index is 13.0. The second-order valence-electron chi connectivity index (χ2n) is 8.20. The van der Waals surface area contributed by atoms with Crippen LogP contribution in [0.1, 0.15) is 30.0 Å². The molecule has 0 aromatic heterocycles. The van der Waals surface area contributed by atoms with Gasteiger partial charge in [-0.3, -0.25) is 4.79 Å². The molecule has 1 saturated heterocycles. The predicted molar refractivity (Wildman–Crippen MR) is 116 cm³/mol. The number of hydrogen-bond donors (Lipinski definition) is 1. The number of amides is 1. The first kappa shape index (κ1) is 19.8. The van der Waals surface area contributed by atoms with Gasteiger partial charge in [0.05, 0.1) is 45.0 Å². The van der Waals surface area contributed by atoms with Crippen molar-refractivity contribution in [1.82, 2.24) is 4.90 Å². The van der Waals surface area contributed by atoms with Crippen LogP contribution >= 0.6 is 0 Å². The molecule has 1 N–H and O–H groups in total. The van der Waals surface area contributed by atoms with E-state index in [4.69, 9.17) is 4.74 Å². The maximum absolute atomic E-state index is 13.0. The zero-order chi connectivity index (χ0) is 20.2. The van der Waals surface area contributed by atoms with E-state index >= 15 is 0 Å². The largest absolute Gasteiger partial charge is 0.495 e. The molecule has 1 amide bonds. The number of quaternary nitrogens is 1. The van der Waals surface area contributed by atoms with Crippen molar-refractivity contribution >= 4 is 11.6 Å². The number of carbonyl (C=O) groups is 1. The molecule has 1 aliphatic carbocycles. The summed E-state index contributed by atoms with van der Waals surface area (Å²) in [5, 5.41) is 0. The average molecular weight is 395 g/mol. The molecule has 0 unspecified atom stereocenters. The van der Waals surface area contributed by atoms with Gasteiger partial charge in [-0.15, -0.1) is 0 Å². The number of anilines is 1. The van der Waals surface area contributed by atoms with Gasteiger partial charge in [0.2, 0.25) is 0 Å². The zero-order valence-electron chi connectivity index (χ0n) is 17.6. The zero-order valence-corrected chi connectivity index (χ0v) is 17.6. The third-order valence-electron chi connectivity index (χ3n) is 6.50. The highest BCUT2D eigenvalue weighted by Crippen LogP contribution is 2.33. The van der Waals surface area contributed by atoms with Gasteiger partial charge in [0, 0.05) is 7.05 Å². The summed E-state index contributed by atoms with van der Waals surface area (Å²) in [4.78, 5) is 18.8. The molecule has 2 aliphatic rings. The van der Waals surface area contributed by atoms with Crippen molar-refractivity contribution in [3.05, 3.63) is 59.7 Å². The van der Waals surface area contributed by atoms with Gasteiger partial charge in [-0.05, 0) is 42.5 Å². The number of fused-ring (bicyclic) bond motifs is 1. The van der Waals surface area contributed by atoms with Crippen molar-refractivity contribution < 1.29 is 14.4 Å². The molecule has 0 bridgehead atoms. The first-order valence-electron chi connectivity index (χ1n) is 10.7. The standard InChI is InChI=1S/C24H31N3O2/c1-25(21-12-7-9-19-8-3-4-10-20(19)21)24(28)18-26-14-16-27(17-15-26)22-11-5-6-13-23(22)29-2/h3-6,8,10-11,13,21H,7,9,12,14-18H2,1-2H3/p+1/t21-/m1/s1. The van der Waals surface area contributed by atoms with Crippen LogP contribution in [0.4, 0.5) is 5.69 Å². The Morgan fingerprint density at radius 3 is 2.66 bits per heavy atom. The van der Waals surface area contributed by atoms with Gasteiger partial charge in [0.25, 0.3) is 5.91 Å². The quantitative estimate of drug-likeness (QED) is 0.842. The van der Waals surface area contributed by atoms with Crippen LogP contribution in [0.3, 0.4) is 0 Å². The summed E-state index contributed by atoms with van der Waals surface area (Å²) in [5.41, 5.74) is 3.89. The van der Waals surface area contributed by atoms with Crippen LogP contribution < -0.4 is 14.5 Å². The van der Waals surface area contributed by atoms with E-state index in [0.29, 0.717) is 6.54 Å². The number of methoxy groups -OCH3 is 1. The highest BCUT2D eigenvalue weighted by molar-refractivity contribution is 5.77. The fourth-order valence-corrected chi connectivity index (χ4v) is 4.77. The van der Waals surface area contributed by atoms with Gasteiger partial charge >= 0.3 is 0 Å². The molecule has 1 atom stereocenters. The number of carbonyl (C=O) groups excluding carboxylic acids is 1. The van der Waals surface area contributed by atoms with E-state index in [1.807, 2.05) is 24.1 Å². The van der Waals surface area contributed by atoms with E-state index in [0.717, 1.165) is 56.9 Å². The van der Waals surface area contributed by atoms with Gasteiger partial charge in [-0.1, -0.05) is 36.4 Å². The summed E-state index contributed by atoms with van der Waals surface area (Å²) in [7, 11) is 3.71. The lowest BCUT2D eigenvalue weighted by Crippen LogP contribution is -3.15. The minimum Gasteiger partial charge on any atom is -0.495 e. The Morgan fingerprint density at radius 2 is 1.86 bits per heavy atom. The molecule has 4 rings (SSSR count). The maximum Gasteiger partial charge on any atom is 0.278 e. The summed E-state index contributed by atoms with van der Waals surface area (Å²) in [6.45, 7) is 4.41. The van der Waals surface area contributed by atoms with Crippen LogP contribution in [0, 0.1) is 0 Å². The number of nitrogens with zero attached hydrogens (tertiary/aromatic N) is 2. The second-order valence-corrected chi connectivity index (χ2v) is 8.20. The average Bonchev–Trinajstić information content (AvgIpc) is 2.78. The summed E-state index contributed by atoms with van der Waals surface area (Å²) in [6.07, 6.45) is 3.35. The smallest absolute Gasteiger partial charge is 0.278 e. The molecule has 5 nitrogen and oxygen atoms in total. The normalized spacial score (nSPS) is 19.5. The van der Waals surface area contributed by atoms with Gasteiger partial charge in [0.1, 0.15) is 5.75 Å². The van der Waals surface area contributed by atoms with Crippen LogP contribution in [0.2, 0.25) is 0 Å². The monoisotopic (exact) mass is 394 g/mol. The number of likely N-dealkylation sites (N-methyl/N-ethyl adjacent to an activating group) is 1. The highest BCUT2D eigenvalue weighted by atomic mass is 16.5. The summed E-state index contributed by atoms with van der Waals surface area (Å²) in [5.74, 6) is 1.18. The number of hydrogen-bond acceptors (Lipinski definition) is 3. The molecular weight excluding hydrogens is 362 g/mol. The third kappa shape index (κ3) is 4.25. The van der Waals surface area contributed by atoms with E-state index in [1.165, 1.54) is 16.0 Å². The van der Waals surface area contributed by atoms with Gasteiger partial charge in [-0.2, -0.15) is 0 Å². The lowest BCUT2D eigenvalue weighted by Gasteiger charge is -2.36. The molecule has 29 heavy (non-hydrogen) atoms. The van der Waals surface area contributed by atoms with Crippen molar-refractivity contribution in [3.63, 3.8) is 0 Å². The topological polar surface area (TPSA) is 37.2 Å². The van der Waals surface area contributed by atoms with Crippen LogP contribution in [-0.2, 0) is 11.2 Å². The second kappa shape index (κ2) is 8.87. The van der Waals surface area contributed by atoms with E-state index < -0.39 is 0 Å². The predicted octanol–water partition coefficient (Wildman–Crippen LogP) is 1.94. The van der Waals surface area contributed by atoms with Crippen LogP contribution in [0.5, 0.6) is 5.75 Å². The highest BCUT2D eigenvalue weighted by Gasteiger charge is 2.30. The summed E-state index contributed by atoms with van der Waals surface area (Å²) in [6, 6.07) is 17.0. The SMILES string of the molecule is COc1ccccc1N1CC[NH+](CC(=O)N(C)[C@@H]2CCCc3ccccc32)CC1. The Labute approximate surface area is 173 Å². The van der Waals surface area contributed by atoms with Crippen LogP contribution in [0.15, 0.2) is 48.5 Å². The first-order valence-corrected chi connectivity index (χ1v) is 10.7. The molecule has 1 fully saturated rings. The number of ether oxygens (including phenoxy) is 1. The third-order valence-corrected chi connectivity index (χ3v) is 6.50. The molecule has 0 spiro atoms. The Morgan fingerprint density at radius 1 is 1.14 bits per heavy atom. The molecule has 1 aliphatic heterocycles. The van der Waals surface area contributed by atoms with Crippen molar-refractivity contribution in [2.45, 2.75) is 25.3 Å². The van der Waals surface area contributed by atoms with Gasteiger partial charge in [-0.25, -0.2) is 0 Å². The van der Waals surface area contributed by atoms with E-state index in [9.17, 15) is 4.79 Å². The number of aryl methyl sites for hydroxylation is 1. The Balaban J connectivity index is 1.34. The fourth-order valence-electron chi connectivity index (χ4n) is 4.77. The Hall–Kier alpha value is -2.53. The minimum absolute atomic E-state index is 0.224. The van der Waals surface area contributed by atoms with Gasteiger partial charge in [0.15, 0.2) is 6.54 Å². The van der Waals surface area contributed by atoms with E-state index in [-0.39, 0.29) is 11.9 Å².